The molecule has 0 bridgehead atoms. The fourth-order valence-corrected chi connectivity index (χ4v) is 3.17. The first kappa shape index (κ1) is 13.7. The van der Waals surface area contributed by atoms with Gasteiger partial charge in [0.05, 0.1) is 0 Å². The third-order valence-corrected chi connectivity index (χ3v) is 4.42. The topological polar surface area (TPSA) is 47.7 Å². The molecule has 1 atom stereocenters. The summed E-state index contributed by atoms with van der Waals surface area (Å²) in [6.07, 6.45) is 4.79. The van der Waals surface area contributed by atoms with Gasteiger partial charge in [-0.2, -0.15) is 0 Å². The maximum absolute atomic E-state index is 6.02. The molecule has 0 saturated heterocycles. The molecule has 1 aliphatic carbocycles. The second-order valence-corrected chi connectivity index (χ2v) is 6.01. The average molecular weight is 276 g/mol. The van der Waals surface area contributed by atoms with Crippen molar-refractivity contribution in [2.75, 3.05) is 20.2 Å². The van der Waals surface area contributed by atoms with Crippen LogP contribution in [0.15, 0.2) is 24.3 Å². The molecule has 1 aromatic carbocycles. The number of para-hydroxylation sites is 2. The molecule has 3 rings (SSSR count). The first-order valence-corrected chi connectivity index (χ1v) is 7.56. The van der Waals surface area contributed by atoms with Gasteiger partial charge >= 0.3 is 0 Å². The highest BCUT2D eigenvalue weighted by Gasteiger charge is 2.27. The fourth-order valence-electron chi connectivity index (χ4n) is 3.17. The van der Waals surface area contributed by atoms with Crippen LogP contribution in [0.2, 0.25) is 0 Å². The Morgan fingerprint density at radius 1 is 1.15 bits per heavy atom. The highest BCUT2D eigenvalue weighted by atomic mass is 16.6. The van der Waals surface area contributed by atoms with Crippen molar-refractivity contribution in [3.05, 3.63) is 24.3 Å². The van der Waals surface area contributed by atoms with Gasteiger partial charge in [0.25, 0.3) is 0 Å². The van der Waals surface area contributed by atoms with Crippen LogP contribution >= 0.6 is 0 Å². The lowest BCUT2D eigenvalue weighted by Gasteiger charge is -2.36. The summed E-state index contributed by atoms with van der Waals surface area (Å²) in [7, 11) is 2.19. The van der Waals surface area contributed by atoms with Gasteiger partial charge < -0.3 is 15.2 Å². The van der Waals surface area contributed by atoms with Gasteiger partial charge in [-0.3, -0.25) is 4.90 Å². The number of benzene rings is 1. The predicted octanol–water partition coefficient (Wildman–Crippen LogP) is 2.03. The van der Waals surface area contributed by atoms with Crippen LogP contribution in [0, 0.1) is 0 Å². The van der Waals surface area contributed by atoms with E-state index in [2.05, 4.69) is 11.9 Å². The number of likely N-dealkylation sites (N-methyl/N-ethyl adjacent to an activating group) is 1. The Morgan fingerprint density at radius 3 is 2.60 bits per heavy atom. The summed E-state index contributed by atoms with van der Waals surface area (Å²) in [5.41, 5.74) is 5.97. The van der Waals surface area contributed by atoms with E-state index in [1.54, 1.807) is 0 Å². The number of fused-ring (bicyclic) bond motifs is 1. The molecule has 1 unspecified atom stereocenters. The van der Waals surface area contributed by atoms with Gasteiger partial charge in [0.15, 0.2) is 11.5 Å². The third-order valence-electron chi connectivity index (χ3n) is 4.42. The molecule has 0 amide bonds. The summed E-state index contributed by atoms with van der Waals surface area (Å²) in [5.74, 6) is 1.72. The van der Waals surface area contributed by atoms with E-state index in [0.717, 1.165) is 30.9 Å². The normalized spacial score (nSPS) is 29.4. The number of rotatable bonds is 3. The molecule has 2 aliphatic rings. The maximum atomic E-state index is 6.02. The predicted molar refractivity (Wildman–Crippen MR) is 79.2 cm³/mol. The van der Waals surface area contributed by atoms with Crippen LogP contribution in [-0.2, 0) is 0 Å². The molecule has 1 aliphatic heterocycles. The number of hydrogen-bond donors (Lipinski definition) is 1. The molecule has 0 radical (unpaired) electrons. The first-order chi connectivity index (χ1) is 9.72. The van der Waals surface area contributed by atoms with Crippen molar-refractivity contribution >= 4 is 0 Å². The lowest BCUT2D eigenvalue weighted by atomic mass is 9.91. The third kappa shape index (κ3) is 3.07. The molecule has 20 heavy (non-hydrogen) atoms. The van der Waals surface area contributed by atoms with Crippen LogP contribution in [0.25, 0.3) is 0 Å². The summed E-state index contributed by atoms with van der Waals surface area (Å²) in [5, 5.41) is 0. The average Bonchev–Trinajstić information content (AvgIpc) is 2.48. The lowest BCUT2D eigenvalue weighted by Crippen LogP contribution is -2.45. The van der Waals surface area contributed by atoms with E-state index in [0.29, 0.717) is 18.7 Å². The summed E-state index contributed by atoms with van der Waals surface area (Å²) in [6, 6.07) is 8.92. The highest BCUT2D eigenvalue weighted by molar-refractivity contribution is 5.40. The largest absolute Gasteiger partial charge is 0.486 e. The van der Waals surface area contributed by atoms with E-state index < -0.39 is 0 Å². The zero-order valence-corrected chi connectivity index (χ0v) is 12.1. The number of hydrogen-bond acceptors (Lipinski definition) is 4. The molecule has 0 spiro atoms. The van der Waals surface area contributed by atoms with Crippen molar-refractivity contribution in [3.8, 4) is 11.5 Å². The second-order valence-electron chi connectivity index (χ2n) is 6.01. The van der Waals surface area contributed by atoms with Crippen molar-refractivity contribution in [2.45, 2.75) is 43.9 Å². The summed E-state index contributed by atoms with van der Waals surface area (Å²) < 4.78 is 11.8. The van der Waals surface area contributed by atoms with Gasteiger partial charge in [0.1, 0.15) is 12.7 Å². The van der Waals surface area contributed by atoms with Gasteiger partial charge in [-0.05, 0) is 44.9 Å². The molecule has 2 N–H and O–H groups in total. The Balaban J connectivity index is 1.54. The zero-order chi connectivity index (χ0) is 13.9. The van der Waals surface area contributed by atoms with E-state index in [-0.39, 0.29) is 6.10 Å². The Hall–Kier alpha value is -1.26. The van der Waals surface area contributed by atoms with Crippen LogP contribution < -0.4 is 15.2 Å². The first-order valence-electron chi connectivity index (χ1n) is 7.56. The molecule has 0 aromatic heterocycles. The molecular weight excluding hydrogens is 252 g/mol. The zero-order valence-electron chi connectivity index (χ0n) is 12.1. The lowest BCUT2D eigenvalue weighted by molar-refractivity contribution is 0.0478. The number of nitrogens with zero attached hydrogens (tertiary/aromatic N) is 1. The highest BCUT2D eigenvalue weighted by Crippen LogP contribution is 2.31. The van der Waals surface area contributed by atoms with Crippen molar-refractivity contribution in [2.24, 2.45) is 5.73 Å². The number of nitrogens with two attached hydrogens (primary N) is 1. The van der Waals surface area contributed by atoms with E-state index in [9.17, 15) is 0 Å². The van der Waals surface area contributed by atoms with Gasteiger partial charge in [-0.15, -0.1) is 0 Å². The quantitative estimate of drug-likeness (QED) is 0.917. The number of ether oxygens (including phenoxy) is 2. The minimum Gasteiger partial charge on any atom is -0.486 e. The molecule has 1 fully saturated rings. The SMILES string of the molecule is CN(CC1COc2ccccc2O1)C1CCC(N)CC1. The molecule has 1 saturated carbocycles. The Labute approximate surface area is 120 Å². The minimum atomic E-state index is 0.116. The fraction of sp³-hybridized carbons (Fsp3) is 0.625. The smallest absolute Gasteiger partial charge is 0.161 e. The molecule has 1 heterocycles. The van der Waals surface area contributed by atoms with E-state index in [4.69, 9.17) is 15.2 Å². The Morgan fingerprint density at radius 2 is 1.85 bits per heavy atom. The van der Waals surface area contributed by atoms with Crippen molar-refractivity contribution < 1.29 is 9.47 Å². The van der Waals surface area contributed by atoms with Crippen LogP contribution in [0.4, 0.5) is 0 Å². The summed E-state index contributed by atoms with van der Waals surface area (Å²) >= 11 is 0. The van der Waals surface area contributed by atoms with E-state index in [1.807, 2.05) is 24.3 Å². The molecule has 4 heteroatoms. The van der Waals surface area contributed by atoms with Crippen LogP contribution in [0.1, 0.15) is 25.7 Å². The maximum Gasteiger partial charge on any atom is 0.161 e. The standard InChI is InChI=1S/C16H24N2O2/c1-18(13-8-6-12(17)7-9-13)10-14-11-19-15-4-2-3-5-16(15)20-14/h2-5,12-14H,6-11,17H2,1H3. The van der Waals surface area contributed by atoms with Crippen molar-refractivity contribution in [1.82, 2.24) is 4.90 Å². The van der Waals surface area contributed by atoms with Gasteiger partial charge in [-0.25, -0.2) is 0 Å². The van der Waals surface area contributed by atoms with Gasteiger partial charge in [0, 0.05) is 18.6 Å². The Bertz CT molecular complexity index is 444. The van der Waals surface area contributed by atoms with Gasteiger partial charge in [0.2, 0.25) is 0 Å². The van der Waals surface area contributed by atoms with Crippen LogP contribution in [0.5, 0.6) is 11.5 Å². The molecule has 110 valence electrons. The monoisotopic (exact) mass is 276 g/mol. The summed E-state index contributed by atoms with van der Waals surface area (Å²) in [4.78, 5) is 2.41. The van der Waals surface area contributed by atoms with E-state index in [1.165, 1.54) is 12.8 Å². The van der Waals surface area contributed by atoms with Gasteiger partial charge in [-0.1, -0.05) is 12.1 Å². The molecular formula is C16H24N2O2. The van der Waals surface area contributed by atoms with Crippen LogP contribution in [0.3, 0.4) is 0 Å². The molecule has 4 nitrogen and oxygen atoms in total. The van der Waals surface area contributed by atoms with Crippen molar-refractivity contribution in [3.63, 3.8) is 0 Å². The van der Waals surface area contributed by atoms with E-state index >= 15 is 0 Å². The second kappa shape index (κ2) is 6.02. The van der Waals surface area contributed by atoms with Crippen LogP contribution in [-0.4, -0.2) is 43.3 Å². The van der Waals surface area contributed by atoms with Crippen molar-refractivity contribution in [1.29, 1.82) is 0 Å². The molecule has 1 aromatic rings. The minimum absolute atomic E-state index is 0.116. The summed E-state index contributed by atoms with van der Waals surface area (Å²) in [6.45, 7) is 1.54. The Kier molecular flexibility index (Phi) is 4.13.